The number of hydrogen-bond donors (Lipinski definition) is 0. The van der Waals surface area contributed by atoms with Crippen LogP contribution in [0, 0.1) is 0 Å². The zero-order valence-electron chi connectivity index (χ0n) is 11.1. The van der Waals surface area contributed by atoms with Crippen LogP contribution in [0.4, 0.5) is 0 Å². The highest BCUT2D eigenvalue weighted by Gasteiger charge is 2.08. The largest absolute Gasteiger partial charge is 0.298 e. The third-order valence-corrected chi connectivity index (χ3v) is 3.15. The summed E-state index contributed by atoms with van der Waals surface area (Å²) < 4.78 is 1.98. The van der Waals surface area contributed by atoms with Crippen molar-refractivity contribution >= 4 is 0 Å². The van der Waals surface area contributed by atoms with Crippen LogP contribution in [0.3, 0.4) is 0 Å². The molecule has 1 heterocycles. The molecule has 0 saturated carbocycles. The molecule has 18 heavy (non-hydrogen) atoms. The van der Waals surface area contributed by atoms with Crippen LogP contribution in [0.5, 0.6) is 0 Å². The molecule has 0 unspecified atom stereocenters. The Balaban J connectivity index is 2.08. The van der Waals surface area contributed by atoms with Gasteiger partial charge in [0.2, 0.25) is 0 Å². The first kappa shape index (κ1) is 12.8. The average Bonchev–Trinajstić information content (AvgIpc) is 2.84. The first-order valence-corrected chi connectivity index (χ1v) is 6.47. The van der Waals surface area contributed by atoms with Gasteiger partial charge < -0.3 is 0 Å². The molecule has 96 valence electrons. The lowest BCUT2D eigenvalue weighted by Crippen LogP contribution is -2.24. The van der Waals surface area contributed by atoms with E-state index in [0.717, 1.165) is 26.2 Å². The standard InChI is InChI=1S/C14H20N4/c1-3-17(4-2)12-14-10-15-16-18(14)11-13-8-6-5-7-9-13/h5-10H,3-4,11-12H2,1-2H3. The molecule has 2 aromatic rings. The molecule has 0 spiro atoms. The lowest BCUT2D eigenvalue weighted by atomic mass is 10.2. The van der Waals surface area contributed by atoms with E-state index in [0.29, 0.717) is 0 Å². The SMILES string of the molecule is CCN(CC)Cc1cnnn1Cc1ccccc1. The summed E-state index contributed by atoms with van der Waals surface area (Å²) in [5.74, 6) is 0. The molecule has 0 amide bonds. The summed E-state index contributed by atoms with van der Waals surface area (Å²) in [5.41, 5.74) is 2.42. The highest BCUT2D eigenvalue weighted by atomic mass is 15.4. The van der Waals surface area contributed by atoms with Gasteiger partial charge in [0.1, 0.15) is 0 Å². The monoisotopic (exact) mass is 244 g/mol. The Morgan fingerprint density at radius 1 is 1.11 bits per heavy atom. The lowest BCUT2D eigenvalue weighted by molar-refractivity contribution is 0.286. The molecule has 0 aliphatic heterocycles. The highest BCUT2D eigenvalue weighted by molar-refractivity contribution is 5.15. The molecule has 2 rings (SSSR count). The second-order valence-electron chi connectivity index (χ2n) is 4.33. The molecular formula is C14H20N4. The molecule has 1 aromatic carbocycles. The van der Waals surface area contributed by atoms with Crippen molar-refractivity contribution in [2.45, 2.75) is 26.9 Å². The van der Waals surface area contributed by atoms with Crippen molar-refractivity contribution in [3.63, 3.8) is 0 Å². The first-order valence-electron chi connectivity index (χ1n) is 6.47. The van der Waals surface area contributed by atoms with E-state index in [4.69, 9.17) is 0 Å². The Labute approximate surface area is 108 Å². The van der Waals surface area contributed by atoms with E-state index in [2.05, 4.69) is 53.3 Å². The van der Waals surface area contributed by atoms with Crippen molar-refractivity contribution in [3.8, 4) is 0 Å². The number of rotatable bonds is 6. The van der Waals surface area contributed by atoms with Crippen molar-refractivity contribution in [1.29, 1.82) is 0 Å². The van der Waals surface area contributed by atoms with Crippen molar-refractivity contribution in [3.05, 3.63) is 47.8 Å². The van der Waals surface area contributed by atoms with Crippen molar-refractivity contribution in [2.24, 2.45) is 0 Å². The van der Waals surface area contributed by atoms with Gasteiger partial charge in [0.25, 0.3) is 0 Å². The molecule has 0 atom stereocenters. The summed E-state index contributed by atoms with van der Waals surface area (Å²) in [5, 5.41) is 8.20. The van der Waals surface area contributed by atoms with E-state index in [1.54, 1.807) is 0 Å². The minimum atomic E-state index is 0.789. The molecule has 0 aliphatic carbocycles. The summed E-state index contributed by atoms with van der Waals surface area (Å²) in [4.78, 5) is 2.36. The average molecular weight is 244 g/mol. The maximum Gasteiger partial charge on any atom is 0.0738 e. The minimum absolute atomic E-state index is 0.789. The summed E-state index contributed by atoms with van der Waals surface area (Å²) in [6, 6.07) is 10.4. The van der Waals surface area contributed by atoms with Crippen LogP contribution in [0.1, 0.15) is 25.1 Å². The maximum absolute atomic E-state index is 4.17. The Bertz CT molecular complexity index is 460. The molecular weight excluding hydrogens is 224 g/mol. The van der Waals surface area contributed by atoms with Gasteiger partial charge in [-0.2, -0.15) is 0 Å². The fourth-order valence-electron chi connectivity index (χ4n) is 1.97. The zero-order chi connectivity index (χ0) is 12.8. The topological polar surface area (TPSA) is 34.0 Å². The molecule has 0 radical (unpaired) electrons. The van der Waals surface area contributed by atoms with Gasteiger partial charge in [-0.3, -0.25) is 4.90 Å². The molecule has 0 bridgehead atoms. The fourth-order valence-corrected chi connectivity index (χ4v) is 1.97. The van der Waals surface area contributed by atoms with E-state index in [-0.39, 0.29) is 0 Å². The van der Waals surface area contributed by atoms with Crippen molar-refractivity contribution in [1.82, 2.24) is 19.9 Å². The van der Waals surface area contributed by atoms with Gasteiger partial charge in [0.15, 0.2) is 0 Å². The smallest absolute Gasteiger partial charge is 0.0738 e. The molecule has 4 nitrogen and oxygen atoms in total. The predicted octanol–water partition coefficient (Wildman–Crippen LogP) is 2.17. The molecule has 0 saturated heterocycles. The summed E-state index contributed by atoms with van der Waals surface area (Å²) in [6.45, 7) is 8.15. The van der Waals surface area contributed by atoms with Gasteiger partial charge in [0, 0.05) is 6.54 Å². The van der Waals surface area contributed by atoms with E-state index >= 15 is 0 Å². The summed E-state index contributed by atoms with van der Waals surface area (Å²) in [7, 11) is 0. The van der Waals surface area contributed by atoms with Gasteiger partial charge in [-0.15, -0.1) is 5.10 Å². The van der Waals surface area contributed by atoms with Gasteiger partial charge >= 0.3 is 0 Å². The van der Waals surface area contributed by atoms with Crippen LogP contribution in [-0.2, 0) is 13.1 Å². The zero-order valence-corrected chi connectivity index (χ0v) is 11.1. The second-order valence-corrected chi connectivity index (χ2v) is 4.33. The third kappa shape index (κ3) is 3.17. The van der Waals surface area contributed by atoms with E-state index in [1.807, 2.05) is 16.9 Å². The lowest BCUT2D eigenvalue weighted by Gasteiger charge is -2.18. The Kier molecular flexibility index (Phi) is 4.47. The molecule has 4 heteroatoms. The molecule has 1 aromatic heterocycles. The predicted molar refractivity (Wildman–Crippen MR) is 72.2 cm³/mol. The second kappa shape index (κ2) is 6.31. The van der Waals surface area contributed by atoms with Crippen LogP contribution in [0.2, 0.25) is 0 Å². The van der Waals surface area contributed by atoms with Crippen molar-refractivity contribution < 1.29 is 0 Å². The van der Waals surface area contributed by atoms with Crippen LogP contribution in [0.15, 0.2) is 36.5 Å². The van der Waals surface area contributed by atoms with Crippen LogP contribution in [0.25, 0.3) is 0 Å². The van der Waals surface area contributed by atoms with Gasteiger partial charge in [0.05, 0.1) is 18.4 Å². The van der Waals surface area contributed by atoms with E-state index in [1.165, 1.54) is 11.3 Å². The van der Waals surface area contributed by atoms with E-state index in [9.17, 15) is 0 Å². The number of nitrogens with zero attached hydrogens (tertiary/aromatic N) is 4. The van der Waals surface area contributed by atoms with Crippen LogP contribution < -0.4 is 0 Å². The number of aromatic nitrogens is 3. The highest BCUT2D eigenvalue weighted by Crippen LogP contribution is 2.06. The van der Waals surface area contributed by atoms with Crippen molar-refractivity contribution in [2.75, 3.05) is 13.1 Å². The van der Waals surface area contributed by atoms with Gasteiger partial charge in [-0.25, -0.2) is 4.68 Å². The quantitative estimate of drug-likeness (QED) is 0.781. The molecule has 0 N–H and O–H groups in total. The molecule has 0 fully saturated rings. The Morgan fingerprint density at radius 2 is 1.83 bits per heavy atom. The van der Waals surface area contributed by atoms with Gasteiger partial charge in [-0.05, 0) is 18.7 Å². The summed E-state index contributed by atoms with van der Waals surface area (Å²) in [6.07, 6.45) is 1.86. The molecule has 0 aliphatic rings. The van der Waals surface area contributed by atoms with Crippen LogP contribution >= 0.6 is 0 Å². The maximum atomic E-state index is 4.17. The fraction of sp³-hybridized carbons (Fsp3) is 0.429. The number of hydrogen-bond acceptors (Lipinski definition) is 3. The summed E-state index contributed by atoms with van der Waals surface area (Å²) >= 11 is 0. The van der Waals surface area contributed by atoms with E-state index < -0.39 is 0 Å². The van der Waals surface area contributed by atoms with Gasteiger partial charge in [-0.1, -0.05) is 49.4 Å². The third-order valence-electron chi connectivity index (χ3n) is 3.15. The first-order chi connectivity index (χ1) is 8.83. The minimum Gasteiger partial charge on any atom is -0.298 e. The Hall–Kier alpha value is -1.68. The normalized spacial score (nSPS) is 11.1. The van der Waals surface area contributed by atoms with Crippen LogP contribution in [-0.4, -0.2) is 33.0 Å². The number of benzene rings is 1. The Morgan fingerprint density at radius 3 is 2.50 bits per heavy atom.